The Morgan fingerprint density at radius 1 is 1.10 bits per heavy atom. The van der Waals surface area contributed by atoms with Gasteiger partial charge in [0.1, 0.15) is 6.61 Å². The summed E-state index contributed by atoms with van der Waals surface area (Å²) in [7, 11) is 1.57. The molecule has 0 bridgehead atoms. The summed E-state index contributed by atoms with van der Waals surface area (Å²) < 4.78 is 8.59. The van der Waals surface area contributed by atoms with Crippen LogP contribution in [0.3, 0.4) is 0 Å². The van der Waals surface area contributed by atoms with E-state index in [0.29, 0.717) is 0 Å². The van der Waals surface area contributed by atoms with Crippen LogP contribution in [0.25, 0.3) is 26.4 Å². The zero-order chi connectivity index (χ0) is 21.4. The number of hydrogen-bond donors (Lipinski definition) is 0. The van der Waals surface area contributed by atoms with Gasteiger partial charge < -0.3 is 9.64 Å². The van der Waals surface area contributed by atoms with Crippen LogP contribution < -0.4 is 0 Å². The van der Waals surface area contributed by atoms with E-state index in [1.165, 1.54) is 21.5 Å². The van der Waals surface area contributed by atoms with E-state index in [0.717, 1.165) is 48.9 Å². The molecule has 31 heavy (non-hydrogen) atoms. The Bertz CT molecular complexity index is 1220. The fourth-order valence-electron chi connectivity index (χ4n) is 4.29. The van der Waals surface area contributed by atoms with Gasteiger partial charge in [-0.25, -0.2) is 4.98 Å². The fourth-order valence-corrected chi connectivity index (χ4v) is 5.43. The number of fused-ring (bicyclic) bond motifs is 3. The molecule has 2 aromatic carbocycles. The molecule has 0 atom stereocenters. The molecule has 7 heteroatoms. The smallest absolute Gasteiger partial charge is 0.248 e. The van der Waals surface area contributed by atoms with Crippen LogP contribution in [0.5, 0.6) is 0 Å². The number of nitrogens with zero attached hydrogens (tertiary/aromatic N) is 4. The Morgan fingerprint density at radius 2 is 1.87 bits per heavy atom. The Hall–Kier alpha value is -2.74. The summed E-state index contributed by atoms with van der Waals surface area (Å²) in [5.41, 5.74) is 5.88. The summed E-state index contributed by atoms with van der Waals surface area (Å²) in [6, 6.07) is 17.0. The number of thiazole rings is 1. The summed E-state index contributed by atoms with van der Waals surface area (Å²) in [6.07, 6.45) is 0. The zero-order valence-corrected chi connectivity index (χ0v) is 18.7. The number of hydrogen-bond acceptors (Lipinski definition) is 5. The minimum absolute atomic E-state index is 0.0677. The van der Waals surface area contributed by atoms with Gasteiger partial charge in [-0.1, -0.05) is 47.7 Å². The molecule has 3 heterocycles. The van der Waals surface area contributed by atoms with E-state index in [-0.39, 0.29) is 12.5 Å². The van der Waals surface area contributed by atoms with Crippen LogP contribution in [-0.4, -0.2) is 65.0 Å². The number of aryl methyl sites for hydroxylation is 1. The van der Waals surface area contributed by atoms with Crippen LogP contribution in [0, 0.1) is 6.92 Å². The van der Waals surface area contributed by atoms with Gasteiger partial charge in [-0.3, -0.25) is 14.1 Å². The number of rotatable bonds is 5. The van der Waals surface area contributed by atoms with E-state index < -0.39 is 0 Å². The van der Waals surface area contributed by atoms with Crippen molar-refractivity contribution in [2.45, 2.75) is 13.5 Å². The molecule has 1 aliphatic rings. The van der Waals surface area contributed by atoms with Gasteiger partial charge in [-0.2, -0.15) is 0 Å². The van der Waals surface area contributed by atoms with Crippen LogP contribution in [0.2, 0.25) is 0 Å². The molecule has 0 aliphatic carbocycles. The van der Waals surface area contributed by atoms with E-state index in [2.05, 4.69) is 58.7 Å². The molecular weight excluding hydrogens is 408 g/mol. The number of carbonyl (C=O) groups excluding carboxylic acids is 1. The second-order valence-electron chi connectivity index (χ2n) is 8.05. The number of benzene rings is 2. The van der Waals surface area contributed by atoms with Crippen molar-refractivity contribution in [2.75, 3.05) is 39.9 Å². The summed E-state index contributed by atoms with van der Waals surface area (Å²) in [6.45, 7) is 6.24. The number of methoxy groups -OCH3 is 1. The van der Waals surface area contributed by atoms with Gasteiger partial charge in [0.15, 0.2) is 4.96 Å². The average molecular weight is 435 g/mol. The molecule has 160 valence electrons. The lowest BCUT2D eigenvalue weighted by molar-refractivity contribution is -0.136. The lowest BCUT2D eigenvalue weighted by Gasteiger charge is -2.34. The minimum atomic E-state index is 0.0677. The van der Waals surface area contributed by atoms with Crippen molar-refractivity contribution in [2.24, 2.45) is 0 Å². The molecule has 1 saturated heterocycles. The molecule has 1 amide bonds. The maximum absolute atomic E-state index is 12.1. The number of aromatic nitrogens is 2. The van der Waals surface area contributed by atoms with Crippen molar-refractivity contribution >= 4 is 32.4 Å². The predicted octanol–water partition coefficient (Wildman–Crippen LogP) is 3.82. The van der Waals surface area contributed by atoms with E-state index in [4.69, 9.17) is 9.72 Å². The van der Waals surface area contributed by atoms with E-state index in [9.17, 15) is 4.79 Å². The summed E-state index contributed by atoms with van der Waals surface area (Å²) in [5.74, 6) is 0.0677. The first-order valence-electron chi connectivity index (χ1n) is 10.6. The van der Waals surface area contributed by atoms with Crippen LogP contribution in [-0.2, 0) is 16.1 Å². The lowest BCUT2D eigenvalue weighted by atomic mass is 10.1. The van der Waals surface area contributed by atoms with Crippen LogP contribution >= 0.6 is 11.3 Å². The van der Waals surface area contributed by atoms with Crippen LogP contribution in [0.4, 0.5) is 0 Å². The number of carbonyl (C=O) groups is 1. The lowest BCUT2D eigenvalue weighted by Crippen LogP contribution is -2.49. The van der Waals surface area contributed by atoms with Crippen molar-refractivity contribution in [3.63, 3.8) is 0 Å². The third-order valence-corrected chi connectivity index (χ3v) is 6.92. The number of amides is 1. The summed E-state index contributed by atoms with van der Waals surface area (Å²) in [4.78, 5) is 22.5. The highest BCUT2D eigenvalue weighted by atomic mass is 32.1. The van der Waals surface area contributed by atoms with Crippen LogP contribution in [0.15, 0.2) is 48.5 Å². The molecule has 6 nitrogen and oxygen atoms in total. The Morgan fingerprint density at radius 3 is 2.61 bits per heavy atom. The Labute approximate surface area is 185 Å². The molecule has 0 radical (unpaired) electrons. The first kappa shape index (κ1) is 20.2. The maximum atomic E-state index is 12.1. The topological polar surface area (TPSA) is 50.1 Å². The second-order valence-corrected chi connectivity index (χ2v) is 9.06. The third-order valence-electron chi connectivity index (χ3n) is 5.91. The second kappa shape index (κ2) is 8.42. The van der Waals surface area contributed by atoms with E-state index in [1.54, 1.807) is 18.4 Å². The molecule has 5 rings (SSSR count). The molecule has 0 saturated carbocycles. The highest BCUT2D eigenvalue weighted by molar-refractivity contribution is 7.23. The molecule has 0 spiro atoms. The van der Waals surface area contributed by atoms with Gasteiger partial charge in [-0.15, -0.1) is 0 Å². The predicted molar refractivity (Wildman–Crippen MR) is 124 cm³/mol. The number of imidazole rings is 1. The highest BCUT2D eigenvalue weighted by Crippen LogP contribution is 2.34. The largest absolute Gasteiger partial charge is 0.375 e. The molecule has 2 aromatic heterocycles. The zero-order valence-electron chi connectivity index (χ0n) is 17.9. The average Bonchev–Trinajstić information content (AvgIpc) is 3.31. The molecule has 0 unspecified atom stereocenters. The van der Waals surface area contributed by atoms with Crippen molar-refractivity contribution in [3.05, 3.63) is 59.8 Å². The highest BCUT2D eigenvalue weighted by Gasteiger charge is 2.24. The molecule has 0 N–H and O–H groups in total. The van der Waals surface area contributed by atoms with Crippen molar-refractivity contribution in [3.8, 4) is 11.3 Å². The molecule has 1 aliphatic heterocycles. The molecule has 1 fully saturated rings. The van der Waals surface area contributed by atoms with Crippen molar-refractivity contribution in [1.82, 2.24) is 19.2 Å². The van der Waals surface area contributed by atoms with E-state index in [1.807, 2.05) is 11.0 Å². The normalized spacial score (nSPS) is 15.2. The Balaban J connectivity index is 1.50. The van der Waals surface area contributed by atoms with Crippen LogP contribution in [0.1, 0.15) is 11.3 Å². The minimum Gasteiger partial charge on any atom is -0.375 e. The van der Waals surface area contributed by atoms with Gasteiger partial charge in [0.25, 0.3) is 0 Å². The van der Waals surface area contributed by atoms with Crippen molar-refractivity contribution in [1.29, 1.82) is 0 Å². The van der Waals surface area contributed by atoms with Gasteiger partial charge in [-0.05, 0) is 24.6 Å². The van der Waals surface area contributed by atoms with Gasteiger partial charge in [0, 0.05) is 45.4 Å². The maximum Gasteiger partial charge on any atom is 0.248 e. The molecule has 4 aromatic rings. The first-order valence-corrected chi connectivity index (χ1v) is 11.4. The van der Waals surface area contributed by atoms with Gasteiger partial charge >= 0.3 is 0 Å². The number of ether oxygens (including phenoxy) is 1. The monoisotopic (exact) mass is 434 g/mol. The van der Waals surface area contributed by atoms with E-state index >= 15 is 0 Å². The summed E-state index contributed by atoms with van der Waals surface area (Å²) >= 11 is 1.74. The van der Waals surface area contributed by atoms with Gasteiger partial charge in [0.05, 0.1) is 21.6 Å². The Kier molecular flexibility index (Phi) is 5.48. The van der Waals surface area contributed by atoms with Gasteiger partial charge in [0.2, 0.25) is 5.91 Å². The summed E-state index contributed by atoms with van der Waals surface area (Å²) in [5, 5.41) is 0. The third kappa shape index (κ3) is 3.84. The van der Waals surface area contributed by atoms with Crippen molar-refractivity contribution < 1.29 is 9.53 Å². The first-order chi connectivity index (χ1) is 15.1. The molecular formula is C24H26N4O2S. The fraction of sp³-hybridized carbons (Fsp3) is 0.333. The quantitative estimate of drug-likeness (QED) is 0.479. The SMILES string of the molecule is COCC(=O)N1CCN(Cc2c(-c3ccccc3)nc3sc4cc(C)ccc4n23)CC1. The standard InChI is InChI=1S/C24H26N4O2S/c1-17-8-9-19-21(14-17)31-24-25-23(18-6-4-3-5-7-18)20(28(19)24)15-26-10-12-27(13-11-26)22(29)16-30-2/h3-9,14H,10-13,15-16H2,1-2H3. The number of piperazine rings is 1.